The number of nitrogens with zero attached hydrogens (tertiary/aromatic N) is 1. The first-order valence-electron chi connectivity index (χ1n) is 10.3. The Bertz CT molecular complexity index is 1020. The van der Waals surface area contributed by atoms with Gasteiger partial charge in [0.1, 0.15) is 0 Å². The van der Waals surface area contributed by atoms with Gasteiger partial charge in [0.15, 0.2) is 11.0 Å². The number of guanidine groups is 1. The molecule has 1 heterocycles. The van der Waals surface area contributed by atoms with E-state index in [9.17, 15) is 9.59 Å². The highest BCUT2D eigenvalue weighted by Gasteiger charge is 2.26. The Morgan fingerprint density at radius 3 is 2.55 bits per heavy atom. The second-order valence-corrected chi connectivity index (χ2v) is 9.91. The van der Waals surface area contributed by atoms with E-state index in [4.69, 9.17) is 11.1 Å². The van der Waals surface area contributed by atoms with Gasteiger partial charge in [-0.3, -0.25) is 15.0 Å². The quantitative estimate of drug-likeness (QED) is 0.122. The summed E-state index contributed by atoms with van der Waals surface area (Å²) in [5.41, 5.74) is 7.08. The minimum absolute atomic E-state index is 0.102. The third kappa shape index (κ3) is 6.47. The monoisotopic (exact) mass is 453 g/mol. The smallest absolute Gasteiger partial charge is 0.220 e. The highest BCUT2D eigenvalue weighted by atomic mass is 32.1. The number of carbonyl (C=O) groups excluding carboxylic acids is 2. The number of hydrogen-bond donors (Lipinski definition) is 4. The number of fused-ring (bicyclic) bond motifs is 1. The summed E-state index contributed by atoms with van der Waals surface area (Å²) in [6.45, 7) is 0.461. The summed E-state index contributed by atoms with van der Waals surface area (Å²) in [5.74, 6) is -0.388. The summed E-state index contributed by atoms with van der Waals surface area (Å²) >= 11 is 1.34. The van der Waals surface area contributed by atoms with E-state index < -0.39 is 6.04 Å². The van der Waals surface area contributed by atoms with E-state index in [0.29, 0.717) is 41.1 Å². The molecule has 1 unspecified atom stereocenters. The van der Waals surface area contributed by atoms with Gasteiger partial charge in [-0.1, -0.05) is 42.5 Å². The van der Waals surface area contributed by atoms with Crippen LogP contribution < -0.4 is 16.4 Å². The molecule has 162 valence electrons. The highest BCUT2D eigenvalue weighted by molar-refractivity contribution is 7.20. The minimum Gasteiger partial charge on any atom is -0.370 e. The molecule has 0 saturated heterocycles. The van der Waals surface area contributed by atoms with Crippen LogP contribution in [0.5, 0.6) is 0 Å². The standard InChI is InChI=1S/C22H27N5O2SSi/c23-22(24)25-12-6-10-16(19(28)21-27-15-9-4-5-11-17(15)30-21)26-20(29)18(31)13-14-7-2-1-3-8-14/h1-5,7-9,11,16,18H,6,10,12-13H2,31H3,(H,26,29)(H4,23,24,25)/t16-,18?/m0/s1. The van der Waals surface area contributed by atoms with Crippen LogP contribution in [0.2, 0.25) is 5.54 Å². The Hall–Kier alpha value is -3.04. The van der Waals surface area contributed by atoms with Crippen LogP contribution in [0.4, 0.5) is 0 Å². The number of amides is 1. The van der Waals surface area contributed by atoms with Crippen molar-refractivity contribution in [3.63, 3.8) is 0 Å². The van der Waals surface area contributed by atoms with E-state index in [-0.39, 0.29) is 23.2 Å². The van der Waals surface area contributed by atoms with Crippen molar-refractivity contribution in [3.05, 3.63) is 65.2 Å². The van der Waals surface area contributed by atoms with Gasteiger partial charge in [0.2, 0.25) is 11.7 Å². The fourth-order valence-corrected chi connectivity index (χ4v) is 4.90. The number of nitrogens with two attached hydrogens (primary N) is 1. The fourth-order valence-electron chi connectivity index (χ4n) is 3.30. The molecule has 9 heteroatoms. The minimum atomic E-state index is -0.658. The molecule has 1 aromatic heterocycles. The summed E-state index contributed by atoms with van der Waals surface area (Å²) in [6.07, 6.45) is 1.69. The van der Waals surface area contributed by atoms with Gasteiger partial charge in [0.05, 0.1) is 16.3 Å². The van der Waals surface area contributed by atoms with E-state index in [1.807, 2.05) is 54.6 Å². The summed E-state index contributed by atoms with van der Waals surface area (Å²) in [5, 5.41) is 13.4. The number of nitrogens with one attached hydrogen (secondary N) is 3. The normalized spacial score (nSPS) is 12.9. The Labute approximate surface area is 188 Å². The first-order chi connectivity index (χ1) is 14.9. The molecular weight excluding hydrogens is 426 g/mol. The molecule has 2 atom stereocenters. The van der Waals surface area contributed by atoms with Crippen LogP contribution >= 0.6 is 11.3 Å². The van der Waals surface area contributed by atoms with Crippen molar-refractivity contribution in [1.29, 1.82) is 5.41 Å². The zero-order valence-corrected chi connectivity index (χ0v) is 20.2. The molecule has 0 aliphatic carbocycles. The molecule has 0 saturated carbocycles. The Kier molecular flexibility index (Phi) is 7.91. The number of para-hydroxylation sites is 1. The largest absolute Gasteiger partial charge is 0.370 e. The number of carbonyl (C=O) groups is 2. The summed E-state index contributed by atoms with van der Waals surface area (Å²) < 4.78 is 0.944. The molecule has 7 nitrogen and oxygen atoms in total. The number of rotatable bonds is 10. The molecule has 0 bridgehead atoms. The molecule has 0 aliphatic heterocycles. The van der Waals surface area contributed by atoms with Gasteiger partial charge in [0.25, 0.3) is 0 Å². The number of benzene rings is 2. The lowest BCUT2D eigenvalue weighted by molar-refractivity contribution is -0.121. The van der Waals surface area contributed by atoms with Crippen molar-refractivity contribution >= 4 is 49.4 Å². The predicted molar refractivity (Wildman–Crippen MR) is 129 cm³/mol. The Morgan fingerprint density at radius 2 is 1.84 bits per heavy atom. The van der Waals surface area contributed by atoms with Gasteiger partial charge in [-0.15, -0.1) is 11.3 Å². The zero-order chi connectivity index (χ0) is 22.2. The molecule has 3 aromatic rings. The van der Waals surface area contributed by atoms with Crippen molar-refractivity contribution in [2.45, 2.75) is 30.8 Å². The maximum absolute atomic E-state index is 13.2. The number of hydrogen-bond acceptors (Lipinski definition) is 5. The Balaban J connectivity index is 1.70. The van der Waals surface area contributed by atoms with Crippen LogP contribution in [-0.2, 0) is 11.2 Å². The van der Waals surface area contributed by atoms with Crippen molar-refractivity contribution in [2.24, 2.45) is 5.73 Å². The Morgan fingerprint density at radius 1 is 1.13 bits per heavy atom. The summed E-state index contributed by atoms with van der Waals surface area (Å²) in [7, 11) is 0.683. The maximum atomic E-state index is 13.2. The van der Waals surface area contributed by atoms with Crippen molar-refractivity contribution in [1.82, 2.24) is 15.6 Å². The molecule has 0 aliphatic rings. The van der Waals surface area contributed by atoms with Gasteiger partial charge in [-0.25, -0.2) is 4.98 Å². The molecule has 5 N–H and O–H groups in total. The van der Waals surface area contributed by atoms with Crippen LogP contribution in [-0.4, -0.2) is 45.5 Å². The second-order valence-electron chi connectivity index (χ2n) is 7.49. The van der Waals surface area contributed by atoms with Crippen molar-refractivity contribution in [2.75, 3.05) is 6.54 Å². The van der Waals surface area contributed by atoms with Crippen LogP contribution in [0, 0.1) is 5.41 Å². The van der Waals surface area contributed by atoms with E-state index in [1.54, 1.807) is 0 Å². The first kappa shape index (κ1) is 22.6. The van der Waals surface area contributed by atoms with Crippen LogP contribution in [0.25, 0.3) is 10.2 Å². The van der Waals surface area contributed by atoms with E-state index in [1.165, 1.54) is 11.3 Å². The van der Waals surface area contributed by atoms with E-state index in [2.05, 4.69) is 15.6 Å². The first-order valence-corrected chi connectivity index (χ1v) is 12.2. The molecule has 2 aromatic carbocycles. The van der Waals surface area contributed by atoms with E-state index >= 15 is 0 Å². The summed E-state index contributed by atoms with van der Waals surface area (Å²) in [4.78, 5) is 30.6. The van der Waals surface area contributed by atoms with Gasteiger partial charge in [-0.2, -0.15) is 0 Å². The fraction of sp³-hybridized carbons (Fsp3) is 0.273. The van der Waals surface area contributed by atoms with Gasteiger partial charge in [-0.05, 0) is 37.0 Å². The van der Waals surface area contributed by atoms with Crippen LogP contribution in [0.15, 0.2) is 54.6 Å². The van der Waals surface area contributed by atoms with Gasteiger partial charge >= 0.3 is 0 Å². The molecule has 0 radical (unpaired) electrons. The molecule has 0 spiro atoms. The van der Waals surface area contributed by atoms with Crippen LogP contribution in [0.1, 0.15) is 28.2 Å². The zero-order valence-electron chi connectivity index (χ0n) is 17.4. The molecule has 3 rings (SSSR count). The van der Waals surface area contributed by atoms with E-state index in [0.717, 1.165) is 15.8 Å². The average Bonchev–Trinajstić information content (AvgIpc) is 3.20. The number of ketones is 1. The van der Waals surface area contributed by atoms with Crippen LogP contribution in [0.3, 0.4) is 0 Å². The lowest BCUT2D eigenvalue weighted by Gasteiger charge is -2.20. The average molecular weight is 454 g/mol. The van der Waals surface area contributed by atoms with Crippen molar-refractivity contribution in [3.8, 4) is 0 Å². The topological polar surface area (TPSA) is 121 Å². The maximum Gasteiger partial charge on any atom is 0.220 e. The predicted octanol–water partition coefficient (Wildman–Crippen LogP) is 1.62. The third-order valence-electron chi connectivity index (χ3n) is 4.95. The molecule has 1 amide bonds. The summed E-state index contributed by atoms with van der Waals surface area (Å²) in [6, 6.07) is 16.8. The van der Waals surface area contributed by atoms with Gasteiger partial charge in [0, 0.05) is 22.3 Å². The van der Waals surface area contributed by atoms with Gasteiger partial charge < -0.3 is 16.4 Å². The lowest BCUT2D eigenvalue weighted by Crippen LogP contribution is -2.43. The van der Waals surface area contributed by atoms with Crippen molar-refractivity contribution < 1.29 is 9.59 Å². The third-order valence-corrected chi connectivity index (χ3v) is 6.94. The highest BCUT2D eigenvalue weighted by Crippen LogP contribution is 2.23. The molecule has 31 heavy (non-hydrogen) atoms. The SMILES string of the molecule is N=C(N)NCCC[C@H](NC(=O)C([SiH3])Cc1ccccc1)C(=O)c1nc2ccccc2s1. The number of Topliss-reactive ketones (excluding diaryl/α,β-unsaturated/α-hetero) is 1. The second kappa shape index (κ2) is 10.8. The molecular formula is C22H27N5O2SSi. The number of aromatic nitrogens is 1. The molecule has 0 fully saturated rings. The lowest BCUT2D eigenvalue weighted by atomic mass is 10.1. The number of thiazole rings is 1.